The minimum Gasteiger partial charge on any atom is -0.492 e. The van der Waals surface area contributed by atoms with Crippen molar-refractivity contribution in [3.63, 3.8) is 0 Å². The second kappa shape index (κ2) is 9.60. The molecule has 0 aliphatic heterocycles. The van der Waals surface area contributed by atoms with Crippen molar-refractivity contribution in [1.29, 1.82) is 0 Å². The van der Waals surface area contributed by atoms with Crippen LogP contribution in [0.15, 0.2) is 77.7 Å². The quantitative estimate of drug-likeness (QED) is 0.508. The number of hydrogen-bond donors (Lipinski definition) is 2. The van der Waals surface area contributed by atoms with E-state index < -0.39 is 15.9 Å². The van der Waals surface area contributed by atoms with Crippen LogP contribution in [0.3, 0.4) is 0 Å². The van der Waals surface area contributed by atoms with E-state index in [0.29, 0.717) is 5.75 Å². The van der Waals surface area contributed by atoms with Gasteiger partial charge in [0.1, 0.15) is 18.2 Å². The summed E-state index contributed by atoms with van der Waals surface area (Å²) in [5.74, 6) is -0.261. The van der Waals surface area contributed by atoms with E-state index in [0.717, 1.165) is 0 Å². The SMILES string of the molecule is O=C(NCCOc1ccc(F)cc1)c1ccc(NS(=O)(=O)c2ccccc2)c(Cl)c1. The molecule has 0 saturated carbocycles. The maximum atomic E-state index is 12.8. The summed E-state index contributed by atoms with van der Waals surface area (Å²) < 4.78 is 45.5. The maximum Gasteiger partial charge on any atom is 0.261 e. The summed E-state index contributed by atoms with van der Waals surface area (Å²) in [5.41, 5.74) is 0.432. The molecule has 0 heterocycles. The Kier molecular flexibility index (Phi) is 6.91. The molecule has 0 radical (unpaired) electrons. The summed E-state index contributed by atoms with van der Waals surface area (Å²) in [6, 6.07) is 17.7. The normalized spacial score (nSPS) is 11.0. The van der Waals surface area contributed by atoms with Crippen LogP contribution >= 0.6 is 11.6 Å². The van der Waals surface area contributed by atoms with Gasteiger partial charge in [0.05, 0.1) is 22.2 Å². The van der Waals surface area contributed by atoms with Gasteiger partial charge in [-0.2, -0.15) is 0 Å². The molecule has 0 spiro atoms. The largest absolute Gasteiger partial charge is 0.492 e. The summed E-state index contributed by atoms with van der Waals surface area (Å²) in [6.45, 7) is 0.413. The van der Waals surface area contributed by atoms with Crippen molar-refractivity contribution in [2.45, 2.75) is 4.90 Å². The van der Waals surface area contributed by atoms with Crippen molar-refractivity contribution in [3.05, 3.63) is 89.2 Å². The molecule has 0 saturated heterocycles. The third-order valence-corrected chi connectivity index (χ3v) is 5.69. The lowest BCUT2D eigenvalue weighted by atomic mass is 10.2. The van der Waals surface area contributed by atoms with Crippen LogP contribution in [0, 0.1) is 5.82 Å². The van der Waals surface area contributed by atoms with Gasteiger partial charge in [-0.3, -0.25) is 9.52 Å². The lowest BCUT2D eigenvalue weighted by molar-refractivity contribution is 0.0947. The Bertz CT molecular complexity index is 1120. The molecule has 3 aromatic carbocycles. The molecule has 0 bridgehead atoms. The zero-order chi connectivity index (χ0) is 21.6. The average molecular weight is 449 g/mol. The number of hydrogen-bond acceptors (Lipinski definition) is 4. The first-order chi connectivity index (χ1) is 14.3. The molecule has 3 aromatic rings. The lowest BCUT2D eigenvalue weighted by Crippen LogP contribution is -2.28. The van der Waals surface area contributed by atoms with Crippen molar-refractivity contribution in [2.24, 2.45) is 0 Å². The molecule has 0 aliphatic rings. The van der Waals surface area contributed by atoms with Crippen LogP contribution in [0.25, 0.3) is 0 Å². The minimum atomic E-state index is -3.79. The molecule has 6 nitrogen and oxygen atoms in total. The second-order valence-electron chi connectivity index (χ2n) is 6.17. The van der Waals surface area contributed by atoms with Gasteiger partial charge >= 0.3 is 0 Å². The average Bonchev–Trinajstić information content (AvgIpc) is 2.74. The number of benzene rings is 3. The fourth-order valence-corrected chi connectivity index (χ4v) is 3.89. The smallest absolute Gasteiger partial charge is 0.261 e. The van der Waals surface area contributed by atoms with Crippen molar-refractivity contribution in [3.8, 4) is 5.75 Å². The van der Waals surface area contributed by atoms with Crippen molar-refractivity contribution >= 4 is 33.2 Å². The lowest BCUT2D eigenvalue weighted by Gasteiger charge is -2.11. The van der Waals surface area contributed by atoms with E-state index in [1.54, 1.807) is 18.2 Å². The van der Waals surface area contributed by atoms with Crippen LogP contribution in [-0.4, -0.2) is 27.5 Å². The number of anilines is 1. The topological polar surface area (TPSA) is 84.5 Å². The summed E-state index contributed by atoms with van der Waals surface area (Å²) in [6.07, 6.45) is 0. The van der Waals surface area contributed by atoms with Gasteiger partial charge in [-0.15, -0.1) is 0 Å². The zero-order valence-corrected chi connectivity index (χ0v) is 17.2. The molecule has 1 amide bonds. The second-order valence-corrected chi connectivity index (χ2v) is 8.26. The Morgan fingerprint density at radius 1 is 1.00 bits per heavy atom. The first-order valence-corrected chi connectivity index (χ1v) is 10.8. The van der Waals surface area contributed by atoms with Gasteiger partial charge in [0, 0.05) is 5.56 Å². The van der Waals surface area contributed by atoms with Crippen molar-refractivity contribution < 1.29 is 22.3 Å². The van der Waals surface area contributed by atoms with E-state index in [9.17, 15) is 17.6 Å². The number of nitrogens with one attached hydrogen (secondary N) is 2. The van der Waals surface area contributed by atoms with Crippen molar-refractivity contribution in [1.82, 2.24) is 5.32 Å². The third kappa shape index (κ3) is 5.71. The predicted molar refractivity (Wildman–Crippen MR) is 113 cm³/mol. The first kappa shape index (κ1) is 21.6. The van der Waals surface area contributed by atoms with Crippen LogP contribution in [0.2, 0.25) is 5.02 Å². The maximum absolute atomic E-state index is 12.8. The Morgan fingerprint density at radius 3 is 2.37 bits per heavy atom. The number of sulfonamides is 1. The summed E-state index contributed by atoms with van der Waals surface area (Å²) in [7, 11) is -3.79. The van der Waals surface area contributed by atoms with Crippen LogP contribution in [0.5, 0.6) is 5.75 Å². The summed E-state index contributed by atoms with van der Waals surface area (Å²) >= 11 is 6.16. The molecular formula is C21H18ClFN2O4S. The van der Waals surface area contributed by atoms with Crippen LogP contribution in [0.4, 0.5) is 10.1 Å². The molecule has 30 heavy (non-hydrogen) atoms. The van der Waals surface area contributed by atoms with Crippen LogP contribution in [-0.2, 0) is 10.0 Å². The number of carbonyl (C=O) groups excluding carboxylic acids is 1. The highest BCUT2D eigenvalue weighted by Gasteiger charge is 2.16. The van der Waals surface area contributed by atoms with Gasteiger partial charge in [0.15, 0.2) is 0 Å². The molecule has 0 aromatic heterocycles. The Hall–Kier alpha value is -3.10. The number of ether oxygens (including phenoxy) is 1. The van der Waals surface area contributed by atoms with Gasteiger partial charge in [0.25, 0.3) is 15.9 Å². The van der Waals surface area contributed by atoms with Gasteiger partial charge in [-0.25, -0.2) is 12.8 Å². The van der Waals surface area contributed by atoms with E-state index in [4.69, 9.17) is 16.3 Å². The highest BCUT2D eigenvalue weighted by molar-refractivity contribution is 7.92. The monoisotopic (exact) mass is 448 g/mol. The predicted octanol–water partition coefficient (Wildman–Crippen LogP) is 4.09. The van der Waals surface area contributed by atoms with Crippen molar-refractivity contribution in [2.75, 3.05) is 17.9 Å². The molecule has 0 fully saturated rings. The van der Waals surface area contributed by atoms with Gasteiger partial charge in [0.2, 0.25) is 0 Å². The van der Waals surface area contributed by atoms with Crippen LogP contribution in [0.1, 0.15) is 10.4 Å². The van der Waals surface area contributed by atoms with Crippen LogP contribution < -0.4 is 14.8 Å². The molecule has 0 aliphatic carbocycles. The van der Waals surface area contributed by atoms with E-state index in [2.05, 4.69) is 10.0 Å². The Balaban J connectivity index is 1.56. The van der Waals surface area contributed by atoms with E-state index in [-0.39, 0.29) is 40.1 Å². The zero-order valence-electron chi connectivity index (χ0n) is 15.6. The fourth-order valence-electron chi connectivity index (χ4n) is 2.51. The minimum absolute atomic E-state index is 0.0877. The van der Waals surface area contributed by atoms with Gasteiger partial charge in [-0.05, 0) is 54.6 Å². The third-order valence-electron chi connectivity index (χ3n) is 4.00. The Labute approximate surface area is 178 Å². The highest BCUT2D eigenvalue weighted by Crippen LogP contribution is 2.25. The molecule has 0 unspecified atom stereocenters. The molecule has 2 N–H and O–H groups in total. The molecule has 3 rings (SSSR count). The molecule has 9 heteroatoms. The van der Waals surface area contributed by atoms with E-state index in [1.165, 1.54) is 54.6 Å². The summed E-state index contributed by atoms with van der Waals surface area (Å²) in [5, 5.41) is 2.75. The number of rotatable bonds is 8. The number of amides is 1. The van der Waals surface area contributed by atoms with Gasteiger partial charge in [-0.1, -0.05) is 29.8 Å². The number of carbonyl (C=O) groups is 1. The Morgan fingerprint density at radius 2 is 1.70 bits per heavy atom. The standard InChI is InChI=1S/C21H18ClFN2O4S/c22-19-14-15(21(26)24-12-13-29-17-9-7-16(23)8-10-17)6-11-20(19)25-30(27,28)18-4-2-1-3-5-18/h1-11,14,25H,12-13H2,(H,24,26). The molecule has 156 valence electrons. The molecule has 0 atom stereocenters. The summed E-state index contributed by atoms with van der Waals surface area (Å²) in [4.78, 5) is 12.4. The number of halogens is 2. The van der Waals surface area contributed by atoms with E-state index >= 15 is 0 Å². The highest BCUT2D eigenvalue weighted by atomic mass is 35.5. The van der Waals surface area contributed by atoms with E-state index in [1.807, 2.05) is 0 Å². The van der Waals surface area contributed by atoms with Gasteiger partial charge < -0.3 is 10.1 Å². The fraction of sp³-hybridized carbons (Fsp3) is 0.0952. The first-order valence-electron chi connectivity index (χ1n) is 8.89. The molecular weight excluding hydrogens is 431 g/mol.